The Morgan fingerprint density at radius 3 is 2.22 bits per heavy atom. The summed E-state index contributed by atoms with van der Waals surface area (Å²) in [4.78, 5) is 12.9. The molecule has 0 aromatic heterocycles. The highest BCUT2D eigenvalue weighted by molar-refractivity contribution is 7.89. The van der Waals surface area contributed by atoms with Gasteiger partial charge in [-0.1, -0.05) is 42.5 Å². The van der Waals surface area contributed by atoms with Crippen LogP contribution in [0.1, 0.15) is 24.1 Å². The number of methoxy groups -OCH3 is 1. The summed E-state index contributed by atoms with van der Waals surface area (Å²) in [6.45, 7) is 1.37. The van der Waals surface area contributed by atoms with E-state index in [-0.39, 0.29) is 24.0 Å². The number of nitrogens with one attached hydrogen (secondary N) is 1. The Bertz CT molecular complexity index is 1130. The van der Waals surface area contributed by atoms with Crippen LogP contribution in [0.4, 0.5) is 4.39 Å². The summed E-state index contributed by atoms with van der Waals surface area (Å²) >= 11 is 0. The maximum absolute atomic E-state index is 13.3. The summed E-state index contributed by atoms with van der Waals surface area (Å²) in [7, 11) is -2.38. The lowest BCUT2D eigenvalue weighted by atomic mass is 10.1. The van der Waals surface area contributed by atoms with E-state index in [1.165, 1.54) is 36.4 Å². The minimum absolute atomic E-state index is 0.0676. The van der Waals surface area contributed by atoms with Crippen molar-refractivity contribution >= 4 is 15.9 Å². The molecule has 0 saturated carbocycles. The quantitative estimate of drug-likeness (QED) is 0.530. The lowest BCUT2D eigenvalue weighted by Gasteiger charge is -2.23. The third-order valence-corrected chi connectivity index (χ3v) is 6.77. The first-order valence-electron chi connectivity index (χ1n) is 10.0. The minimum atomic E-state index is -3.95. The Morgan fingerprint density at radius 2 is 1.62 bits per heavy atom. The van der Waals surface area contributed by atoms with Crippen molar-refractivity contribution in [2.75, 3.05) is 13.7 Å². The van der Waals surface area contributed by atoms with E-state index >= 15 is 0 Å². The molecule has 6 nitrogen and oxygen atoms in total. The number of carbonyl (C=O) groups excluding carboxylic acids is 1. The molecular formula is C24H25FN2O4S. The third kappa shape index (κ3) is 5.93. The Hall–Kier alpha value is -3.23. The third-order valence-electron chi connectivity index (χ3n) is 4.97. The fourth-order valence-corrected chi connectivity index (χ4v) is 4.59. The topological polar surface area (TPSA) is 75.7 Å². The molecule has 3 aromatic carbocycles. The Balaban J connectivity index is 1.79. The predicted molar refractivity (Wildman–Crippen MR) is 120 cm³/mol. The molecule has 0 aliphatic carbocycles. The molecule has 3 aromatic rings. The van der Waals surface area contributed by atoms with Gasteiger partial charge in [-0.05, 0) is 54.4 Å². The molecule has 1 atom stereocenters. The van der Waals surface area contributed by atoms with Gasteiger partial charge in [-0.25, -0.2) is 12.8 Å². The van der Waals surface area contributed by atoms with Gasteiger partial charge in [-0.3, -0.25) is 4.79 Å². The Morgan fingerprint density at radius 1 is 1.00 bits per heavy atom. The van der Waals surface area contributed by atoms with Gasteiger partial charge in [0.1, 0.15) is 11.6 Å². The van der Waals surface area contributed by atoms with Crippen molar-refractivity contribution in [3.63, 3.8) is 0 Å². The van der Waals surface area contributed by atoms with Gasteiger partial charge in [0.05, 0.1) is 24.6 Å². The van der Waals surface area contributed by atoms with Gasteiger partial charge < -0.3 is 10.1 Å². The highest BCUT2D eigenvalue weighted by Crippen LogP contribution is 2.20. The number of hydrogen-bond donors (Lipinski definition) is 1. The SMILES string of the molecule is COc1ccc(C(C)NC(=O)CN(Cc2ccc(F)cc2)S(=O)(=O)c2ccccc2)cc1. The lowest BCUT2D eigenvalue weighted by Crippen LogP contribution is -2.41. The molecule has 1 N–H and O–H groups in total. The van der Waals surface area contributed by atoms with Crippen molar-refractivity contribution in [1.29, 1.82) is 0 Å². The second-order valence-electron chi connectivity index (χ2n) is 7.27. The predicted octanol–water partition coefficient (Wildman–Crippen LogP) is 3.90. The van der Waals surface area contributed by atoms with E-state index in [0.29, 0.717) is 11.3 Å². The maximum atomic E-state index is 13.3. The summed E-state index contributed by atoms with van der Waals surface area (Å²) in [6.07, 6.45) is 0. The molecule has 0 fully saturated rings. The number of hydrogen-bond acceptors (Lipinski definition) is 4. The molecule has 32 heavy (non-hydrogen) atoms. The van der Waals surface area contributed by atoms with Crippen LogP contribution in [0, 0.1) is 5.82 Å². The summed E-state index contributed by atoms with van der Waals surface area (Å²) in [5, 5.41) is 2.84. The van der Waals surface area contributed by atoms with Crippen LogP contribution >= 0.6 is 0 Å². The van der Waals surface area contributed by atoms with Crippen molar-refractivity contribution in [3.8, 4) is 5.75 Å². The normalized spacial score (nSPS) is 12.4. The van der Waals surface area contributed by atoms with Gasteiger partial charge in [-0.2, -0.15) is 4.31 Å². The van der Waals surface area contributed by atoms with Gasteiger partial charge >= 0.3 is 0 Å². The molecule has 1 unspecified atom stereocenters. The molecule has 1 amide bonds. The zero-order valence-corrected chi connectivity index (χ0v) is 18.7. The average Bonchev–Trinajstić information content (AvgIpc) is 2.80. The molecule has 0 spiro atoms. The standard InChI is InChI=1S/C24H25FN2O4S/c1-18(20-10-14-22(31-2)15-11-20)26-24(28)17-27(16-19-8-12-21(25)13-9-19)32(29,30)23-6-4-3-5-7-23/h3-15,18H,16-17H2,1-2H3,(H,26,28). The second kappa shape index (κ2) is 10.4. The summed E-state index contributed by atoms with van der Waals surface area (Å²) in [5.41, 5.74) is 1.43. The van der Waals surface area contributed by atoms with E-state index in [1.54, 1.807) is 37.4 Å². The van der Waals surface area contributed by atoms with Gasteiger partial charge in [-0.15, -0.1) is 0 Å². The van der Waals surface area contributed by atoms with Crippen LogP contribution in [-0.4, -0.2) is 32.3 Å². The molecule has 0 saturated heterocycles. The second-order valence-corrected chi connectivity index (χ2v) is 9.21. The highest BCUT2D eigenvalue weighted by Gasteiger charge is 2.27. The first-order chi connectivity index (χ1) is 15.3. The largest absolute Gasteiger partial charge is 0.497 e. The zero-order chi connectivity index (χ0) is 23.1. The van der Waals surface area contributed by atoms with Crippen LogP contribution in [0.15, 0.2) is 83.8 Å². The highest BCUT2D eigenvalue weighted by atomic mass is 32.2. The maximum Gasteiger partial charge on any atom is 0.243 e. The lowest BCUT2D eigenvalue weighted by molar-refractivity contribution is -0.122. The van der Waals surface area contributed by atoms with E-state index in [0.717, 1.165) is 9.87 Å². The molecule has 8 heteroatoms. The number of ether oxygens (including phenoxy) is 1. The van der Waals surface area contributed by atoms with Crippen molar-refractivity contribution in [2.45, 2.75) is 24.4 Å². The van der Waals surface area contributed by atoms with Gasteiger partial charge in [0.15, 0.2) is 0 Å². The van der Waals surface area contributed by atoms with Crippen molar-refractivity contribution < 1.29 is 22.3 Å². The molecule has 0 bridgehead atoms. The Kier molecular flexibility index (Phi) is 7.61. The van der Waals surface area contributed by atoms with Crippen molar-refractivity contribution in [1.82, 2.24) is 9.62 Å². The minimum Gasteiger partial charge on any atom is -0.497 e. The molecular weight excluding hydrogens is 431 g/mol. The summed E-state index contributed by atoms with van der Waals surface area (Å²) < 4.78 is 46.0. The van der Waals surface area contributed by atoms with Crippen LogP contribution in [0.2, 0.25) is 0 Å². The zero-order valence-electron chi connectivity index (χ0n) is 17.9. The summed E-state index contributed by atoms with van der Waals surface area (Å²) in [6, 6.07) is 20.3. The van der Waals surface area contributed by atoms with E-state index in [1.807, 2.05) is 19.1 Å². The van der Waals surface area contributed by atoms with Gasteiger partial charge in [0.25, 0.3) is 0 Å². The molecule has 0 aliphatic rings. The van der Waals surface area contributed by atoms with Crippen LogP contribution < -0.4 is 10.1 Å². The smallest absolute Gasteiger partial charge is 0.243 e. The van der Waals surface area contributed by atoms with E-state index in [4.69, 9.17) is 4.74 Å². The summed E-state index contributed by atoms with van der Waals surface area (Å²) in [5.74, 6) is -0.168. The van der Waals surface area contributed by atoms with Crippen LogP contribution in [0.25, 0.3) is 0 Å². The van der Waals surface area contributed by atoms with Crippen LogP contribution in [0.3, 0.4) is 0 Å². The van der Waals surface area contributed by atoms with Gasteiger partial charge in [0.2, 0.25) is 15.9 Å². The number of benzene rings is 3. The van der Waals surface area contributed by atoms with Crippen molar-refractivity contribution in [3.05, 3.63) is 95.8 Å². The van der Waals surface area contributed by atoms with E-state index in [2.05, 4.69) is 5.32 Å². The first kappa shape index (κ1) is 23.4. The number of carbonyl (C=O) groups is 1. The number of nitrogens with zero attached hydrogens (tertiary/aromatic N) is 1. The van der Waals surface area contributed by atoms with Gasteiger partial charge in [0, 0.05) is 6.54 Å². The monoisotopic (exact) mass is 456 g/mol. The fraction of sp³-hybridized carbons (Fsp3) is 0.208. The number of amides is 1. The van der Waals surface area contributed by atoms with Crippen LogP contribution in [0.5, 0.6) is 5.75 Å². The number of rotatable bonds is 9. The number of sulfonamides is 1. The average molecular weight is 457 g/mol. The van der Waals surface area contributed by atoms with Crippen molar-refractivity contribution in [2.24, 2.45) is 0 Å². The number of halogens is 1. The van der Waals surface area contributed by atoms with E-state index < -0.39 is 21.7 Å². The molecule has 168 valence electrons. The Labute approximate surface area is 187 Å². The molecule has 3 rings (SSSR count). The fourth-order valence-electron chi connectivity index (χ4n) is 3.18. The first-order valence-corrected chi connectivity index (χ1v) is 11.5. The molecule has 0 heterocycles. The van der Waals surface area contributed by atoms with E-state index in [9.17, 15) is 17.6 Å². The molecule has 0 radical (unpaired) electrons. The molecule has 0 aliphatic heterocycles. The van der Waals surface area contributed by atoms with Crippen LogP contribution in [-0.2, 0) is 21.4 Å².